The summed E-state index contributed by atoms with van der Waals surface area (Å²) in [7, 11) is -0.690. The van der Waals surface area contributed by atoms with Gasteiger partial charge in [0.2, 0.25) is 0 Å². The van der Waals surface area contributed by atoms with Crippen LogP contribution in [0.3, 0.4) is 0 Å². The van der Waals surface area contributed by atoms with Crippen LogP contribution in [-0.4, -0.2) is 48.7 Å². The molecule has 0 heterocycles. The molecule has 2 rings (SSSR count). The van der Waals surface area contributed by atoms with Crippen molar-refractivity contribution in [3.05, 3.63) is 35.4 Å². The highest BCUT2D eigenvalue weighted by Gasteiger charge is 2.34. The molecule has 7 heteroatoms. The van der Waals surface area contributed by atoms with Crippen LogP contribution in [-0.2, 0) is 21.4 Å². The average Bonchev–Trinajstić information content (AvgIpc) is 2.87. The fourth-order valence-electron chi connectivity index (χ4n) is 2.66. The van der Waals surface area contributed by atoms with Gasteiger partial charge in [-0.15, -0.1) is 0 Å². The third kappa shape index (κ3) is 3.25. The number of fused-ring (bicyclic) bond motifs is 1. The Labute approximate surface area is 125 Å². The minimum atomic E-state index is -3.66. The number of hydrogen-bond donors (Lipinski definition) is 1. The van der Waals surface area contributed by atoms with Crippen molar-refractivity contribution in [2.24, 2.45) is 0 Å². The maximum absolute atomic E-state index is 12.5. The SMILES string of the molecule is CN(CCC(=O)O)S(=O)(=O)N(C)C1CCc2ccccc21. The largest absolute Gasteiger partial charge is 0.481 e. The lowest BCUT2D eigenvalue weighted by atomic mass is 10.1. The summed E-state index contributed by atoms with van der Waals surface area (Å²) in [6.07, 6.45) is 1.41. The lowest BCUT2D eigenvalue weighted by Gasteiger charge is -2.29. The van der Waals surface area contributed by atoms with E-state index in [0.29, 0.717) is 0 Å². The van der Waals surface area contributed by atoms with E-state index in [-0.39, 0.29) is 19.0 Å². The van der Waals surface area contributed by atoms with Crippen molar-refractivity contribution in [1.29, 1.82) is 0 Å². The van der Waals surface area contributed by atoms with Gasteiger partial charge >= 0.3 is 5.97 Å². The van der Waals surface area contributed by atoms with Crippen LogP contribution in [0.4, 0.5) is 0 Å². The molecule has 0 saturated carbocycles. The molecule has 1 unspecified atom stereocenters. The molecule has 1 N–H and O–H groups in total. The Bertz CT molecular complexity index is 630. The van der Waals surface area contributed by atoms with Gasteiger partial charge in [-0.25, -0.2) is 0 Å². The molecule has 1 aliphatic rings. The Hall–Kier alpha value is -1.44. The zero-order valence-electron chi connectivity index (χ0n) is 12.2. The second kappa shape index (κ2) is 6.13. The van der Waals surface area contributed by atoms with Gasteiger partial charge in [-0.05, 0) is 24.0 Å². The summed E-state index contributed by atoms with van der Waals surface area (Å²) >= 11 is 0. The van der Waals surface area contributed by atoms with Crippen molar-refractivity contribution in [2.45, 2.75) is 25.3 Å². The van der Waals surface area contributed by atoms with Crippen LogP contribution < -0.4 is 0 Å². The first kappa shape index (κ1) is 15.9. The number of aryl methyl sites for hydroxylation is 1. The van der Waals surface area contributed by atoms with Gasteiger partial charge in [0.25, 0.3) is 10.2 Å². The Balaban J connectivity index is 2.16. The smallest absolute Gasteiger partial charge is 0.304 e. The van der Waals surface area contributed by atoms with Crippen LogP contribution in [0, 0.1) is 0 Å². The van der Waals surface area contributed by atoms with Crippen LogP contribution in [0.25, 0.3) is 0 Å². The van der Waals surface area contributed by atoms with Gasteiger partial charge in [-0.1, -0.05) is 24.3 Å². The fourth-order valence-corrected chi connectivity index (χ4v) is 3.96. The van der Waals surface area contributed by atoms with Crippen molar-refractivity contribution < 1.29 is 18.3 Å². The van der Waals surface area contributed by atoms with Crippen molar-refractivity contribution in [3.63, 3.8) is 0 Å². The number of hydrogen-bond acceptors (Lipinski definition) is 3. The number of carbonyl (C=O) groups is 1. The molecule has 0 aromatic heterocycles. The predicted molar refractivity (Wildman–Crippen MR) is 79.1 cm³/mol. The first-order valence-electron chi connectivity index (χ1n) is 6.83. The van der Waals surface area contributed by atoms with Gasteiger partial charge in [0, 0.05) is 20.6 Å². The minimum absolute atomic E-state index is 0.0314. The number of nitrogens with zero attached hydrogens (tertiary/aromatic N) is 2. The van der Waals surface area contributed by atoms with E-state index in [2.05, 4.69) is 0 Å². The minimum Gasteiger partial charge on any atom is -0.481 e. The molecular formula is C14H20N2O4S. The molecule has 0 radical (unpaired) electrons. The van der Waals surface area contributed by atoms with E-state index < -0.39 is 16.2 Å². The predicted octanol–water partition coefficient (Wildman–Crippen LogP) is 1.26. The zero-order valence-corrected chi connectivity index (χ0v) is 13.0. The number of aliphatic carboxylic acids is 1. The maximum Gasteiger partial charge on any atom is 0.304 e. The molecule has 1 aromatic rings. The lowest BCUT2D eigenvalue weighted by Crippen LogP contribution is -2.41. The molecule has 0 bridgehead atoms. The molecule has 0 aliphatic heterocycles. The van der Waals surface area contributed by atoms with Gasteiger partial charge in [0.05, 0.1) is 12.5 Å². The second-order valence-electron chi connectivity index (χ2n) is 5.24. The van der Waals surface area contributed by atoms with Gasteiger partial charge < -0.3 is 5.11 Å². The monoisotopic (exact) mass is 312 g/mol. The summed E-state index contributed by atoms with van der Waals surface area (Å²) < 4.78 is 27.4. The van der Waals surface area contributed by atoms with Gasteiger partial charge in [-0.3, -0.25) is 4.79 Å². The van der Waals surface area contributed by atoms with Crippen molar-refractivity contribution in [2.75, 3.05) is 20.6 Å². The summed E-state index contributed by atoms with van der Waals surface area (Å²) in [5.74, 6) is -1.01. The van der Waals surface area contributed by atoms with Crippen molar-refractivity contribution in [3.8, 4) is 0 Å². The van der Waals surface area contributed by atoms with Crippen LogP contribution in [0.5, 0.6) is 0 Å². The summed E-state index contributed by atoms with van der Waals surface area (Å²) in [4.78, 5) is 10.6. The second-order valence-corrected chi connectivity index (χ2v) is 7.34. The molecule has 0 fully saturated rings. The van der Waals surface area contributed by atoms with Crippen LogP contribution in [0.2, 0.25) is 0 Å². The maximum atomic E-state index is 12.5. The molecule has 1 atom stereocenters. The standard InChI is InChI=1S/C14H20N2O4S/c1-15(10-9-14(17)18)21(19,20)16(2)13-8-7-11-5-3-4-6-12(11)13/h3-6,13H,7-10H2,1-2H3,(H,17,18). The van der Waals surface area contributed by atoms with Gasteiger partial charge in [-0.2, -0.15) is 17.0 Å². The zero-order chi connectivity index (χ0) is 15.6. The third-order valence-corrected chi connectivity index (χ3v) is 5.89. The highest BCUT2D eigenvalue weighted by atomic mass is 32.2. The molecule has 21 heavy (non-hydrogen) atoms. The van der Waals surface area contributed by atoms with E-state index in [1.807, 2.05) is 24.3 Å². The first-order valence-corrected chi connectivity index (χ1v) is 8.22. The van der Waals surface area contributed by atoms with E-state index in [4.69, 9.17) is 5.11 Å². The molecule has 6 nitrogen and oxygen atoms in total. The molecule has 0 spiro atoms. The van der Waals surface area contributed by atoms with Crippen LogP contribution in [0.1, 0.15) is 30.0 Å². The lowest BCUT2D eigenvalue weighted by molar-refractivity contribution is -0.137. The third-order valence-electron chi connectivity index (χ3n) is 3.94. The molecule has 1 aromatic carbocycles. The summed E-state index contributed by atoms with van der Waals surface area (Å²) in [6.45, 7) is -0.0314. The van der Waals surface area contributed by atoms with Gasteiger partial charge in [0.15, 0.2) is 0 Å². The van der Waals surface area contributed by atoms with Crippen LogP contribution in [0.15, 0.2) is 24.3 Å². The number of carboxylic acid groups (broad SMARTS) is 1. The fraction of sp³-hybridized carbons (Fsp3) is 0.500. The molecule has 0 saturated heterocycles. The molecular weight excluding hydrogens is 292 g/mol. The highest BCUT2D eigenvalue weighted by Crippen LogP contribution is 2.36. The van der Waals surface area contributed by atoms with E-state index in [1.165, 1.54) is 16.9 Å². The molecule has 116 valence electrons. The van der Waals surface area contributed by atoms with E-state index in [9.17, 15) is 13.2 Å². The number of carboxylic acids is 1. The Morgan fingerprint density at radius 3 is 2.67 bits per heavy atom. The van der Waals surface area contributed by atoms with Crippen molar-refractivity contribution >= 4 is 16.2 Å². The Kier molecular flexibility index (Phi) is 4.65. The molecule has 1 aliphatic carbocycles. The molecule has 0 amide bonds. The Morgan fingerprint density at radius 2 is 2.00 bits per heavy atom. The average molecular weight is 312 g/mol. The van der Waals surface area contributed by atoms with Crippen LogP contribution >= 0.6 is 0 Å². The summed E-state index contributed by atoms with van der Waals surface area (Å²) in [5, 5.41) is 8.67. The van der Waals surface area contributed by atoms with E-state index in [0.717, 1.165) is 22.7 Å². The summed E-state index contributed by atoms with van der Waals surface area (Å²) in [6, 6.07) is 7.65. The first-order chi connectivity index (χ1) is 9.84. The van der Waals surface area contributed by atoms with E-state index >= 15 is 0 Å². The van der Waals surface area contributed by atoms with Gasteiger partial charge in [0.1, 0.15) is 0 Å². The summed E-state index contributed by atoms with van der Waals surface area (Å²) in [5.41, 5.74) is 2.22. The van der Waals surface area contributed by atoms with E-state index in [1.54, 1.807) is 7.05 Å². The van der Waals surface area contributed by atoms with Crippen molar-refractivity contribution in [1.82, 2.24) is 8.61 Å². The highest BCUT2D eigenvalue weighted by molar-refractivity contribution is 7.86. The quantitative estimate of drug-likeness (QED) is 0.858. The topological polar surface area (TPSA) is 77.9 Å². The number of benzene rings is 1. The Morgan fingerprint density at radius 1 is 1.33 bits per heavy atom. The normalized spacial score (nSPS) is 18.2. The number of rotatable bonds is 6.